The maximum absolute atomic E-state index is 6.02. The number of hydrogen-bond donors (Lipinski definition) is 2. The fraction of sp³-hybridized carbons (Fsp3) is 0.118. The second-order valence-corrected chi connectivity index (χ2v) is 6.02. The average Bonchev–Trinajstić information content (AvgIpc) is 2.52. The van der Waals surface area contributed by atoms with Crippen LogP contribution >= 0.6 is 23.2 Å². The van der Waals surface area contributed by atoms with Gasteiger partial charge in [0.2, 0.25) is 0 Å². The summed E-state index contributed by atoms with van der Waals surface area (Å²) in [5.74, 6) is 2.02. The van der Waals surface area contributed by atoms with Gasteiger partial charge >= 0.3 is 0 Å². The molecule has 0 aliphatic carbocycles. The van der Waals surface area contributed by atoms with Gasteiger partial charge in [0.1, 0.15) is 17.5 Å². The maximum atomic E-state index is 6.02. The highest BCUT2D eigenvalue weighted by atomic mass is 35.5. The monoisotopic (exact) mass is 359 g/mol. The molecule has 0 saturated carbocycles. The molecule has 2 heterocycles. The van der Waals surface area contributed by atoms with Gasteiger partial charge in [0.05, 0.1) is 12.2 Å². The SMILES string of the molecule is Cc1nc(NCc2ccccn2)cc(Nc2cc(Cl)cc(Cl)c2)n1. The van der Waals surface area contributed by atoms with Crippen molar-refractivity contribution in [3.63, 3.8) is 0 Å². The zero-order valence-electron chi connectivity index (χ0n) is 12.9. The third-order valence-corrected chi connectivity index (χ3v) is 3.59. The molecule has 0 spiro atoms. The molecule has 5 nitrogen and oxygen atoms in total. The van der Waals surface area contributed by atoms with Gasteiger partial charge < -0.3 is 10.6 Å². The molecule has 2 aromatic heterocycles. The topological polar surface area (TPSA) is 62.7 Å². The molecule has 0 aliphatic rings. The molecular weight excluding hydrogens is 345 g/mol. The third kappa shape index (κ3) is 4.57. The summed E-state index contributed by atoms with van der Waals surface area (Å²) < 4.78 is 0. The minimum atomic E-state index is 0.560. The van der Waals surface area contributed by atoms with E-state index in [1.807, 2.05) is 31.2 Å². The predicted octanol–water partition coefficient (Wildman–Crippen LogP) is 4.84. The lowest BCUT2D eigenvalue weighted by Crippen LogP contribution is -2.06. The molecule has 3 aromatic rings. The molecule has 0 fully saturated rings. The van der Waals surface area contributed by atoms with E-state index in [9.17, 15) is 0 Å². The van der Waals surface area contributed by atoms with E-state index in [-0.39, 0.29) is 0 Å². The summed E-state index contributed by atoms with van der Waals surface area (Å²) in [5, 5.41) is 7.55. The Balaban J connectivity index is 1.76. The standard InChI is InChI=1S/C17H15Cl2N5/c1-11-22-16(21-10-14-4-2-3-5-20-14)9-17(23-11)24-15-7-12(18)6-13(19)8-15/h2-9H,10H2,1H3,(H2,21,22,23,24). The number of aromatic nitrogens is 3. The van der Waals surface area contributed by atoms with E-state index >= 15 is 0 Å². The lowest BCUT2D eigenvalue weighted by Gasteiger charge is -2.10. The molecule has 0 radical (unpaired) electrons. The van der Waals surface area contributed by atoms with Gasteiger partial charge in [0.25, 0.3) is 0 Å². The first-order valence-electron chi connectivity index (χ1n) is 7.31. The number of rotatable bonds is 5. The van der Waals surface area contributed by atoms with Crippen LogP contribution in [0.2, 0.25) is 10.0 Å². The van der Waals surface area contributed by atoms with Gasteiger partial charge in [0.15, 0.2) is 0 Å². The first-order valence-corrected chi connectivity index (χ1v) is 8.07. The Hall–Kier alpha value is -2.37. The van der Waals surface area contributed by atoms with E-state index in [1.165, 1.54) is 0 Å². The van der Waals surface area contributed by atoms with Crippen LogP contribution in [0.1, 0.15) is 11.5 Å². The quantitative estimate of drug-likeness (QED) is 0.682. The first-order chi connectivity index (χ1) is 11.6. The molecule has 0 bridgehead atoms. The number of anilines is 3. The van der Waals surface area contributed by atoms with Crippen LogP contribution in [0.3, 0.4) is 0 Å². The fourth-order valence-electron chi connectivity index (χ4n) is 2.18. The van der Waals surface area contributed by atoms with E-state index in [2.05, 4.69) is 25.6 Å². The molecule has 24 heavy (non-hydrogen) atoms. The smallest absolute Gasteiger partial charge is 0.136 e. The summed E-state index contributed by atoms with van der Waals surface area (Å²) in [6.07, 6.45) is 1.76. The van der Waals surface area contributed by atoms with Crippen LogP contribution in [0.4, 0.5) is 17.3 Å². The van der Waals surface area contributed by atoms with E-state index in [4.69, 9.17) is 23.2 Å². The van der Waals surface area contributed by atoms with E-state index in [1.54, 1.807) is 24.4 Å². The summed E-state index contributed by atoms with van der Waals surface area (Å²) in [4.78, 5) is 13.0. The molecule has 0 saturated heterocycles. The number of benzene rings is 1. The fourth-order valence-corrected chi connectivity index (χ4v) is 2.71. The van der Waals surface area contributed by atoms with Crippen molar-refractivity contribution >= 4 is 40.5 Å². The second kappa shape index (κ2) is 7.47. The Morgan fingerprint density at radius 2 is 1.71 bits per heavy atom. The Labute approximate surface area is 150 Å². The van der Waals surface area contributed by atoms with Gasteiger partial charge in [-0.3, -0.25) is 4.98 Å². The number of nitrogens with one attached hydrogen (secondary N) is 2. The Morgan fingerprint density at radius 3 is 2.42 bits per heavy atom. The van der Waals surface area contributed by atoms with Crippen LogP contribution in [0, 0.1) is 6.92 Å². The van der Waals surface area contributed by atoms with Crippen LogP contribution in [0.15, 0.2) is 48.7 Å². The minimum Gasteiger partial charge on any atom is -0.364 e. The lowest BCUT2D eigenvalue weighted by atomic mass is 10.3. The normalized spacial score (nSPS) is 10.5. The van der Waals surface area contributed by atoms with Gasteiger partial charge in [-0.25, -0.2) is 9.97 Å². The Bertz CT molecular complexity index is 819. The highest BCUT2D eigenvalue weighted by Crippen LogP contribution is 2.25. The predicted molar refractivity (Wildman–Crippen MR) is 98.1 cm³/mol. The first kappa shape index (κ1) is 16.5. The molecular formula is C17H15Cl2N5. The van der Waals surface area contributed by atoms with E-state index in [0.717, 1.165) is 11.4 Å². The largest absolute Gasteiger partial charge is 0.364 e. The van der Waals surface area contributed by atoms with Crippen molar-refractivity contribution in [1.29, 1.82) is 0 Å². The third-order valence-electron chi connectivity index (χ3n) is 3.15. The maximum Gasteiger partial charge on any atom is 0.136 e. The molecule has 1 aromatic carbocycles. The van der Waals surface area contributed by atoms with Crippen molar-refractivity contribution in [2.24, 2.45) is 0 Å². The molecule has 2 N–H and O–H groups in total. The van der Waals surface area contributed by atoms with Crippen LogP contribution in [-0.2, 0) is 6.54 Å². The van der Waals surface area contributed by atoms with Crippen molar-refractivity contribution in [3.05, 3.63) is 70.2 Å². The zero-order chi connectivity index (χ0) is 16.9. The van der Waals surface area contributed by atoms with Gasteiger partial charge in [-0.05, 0) is 37.3 Å². The van der Waals surface area contributed by atoms with Crippen molar-refractivity contribution in [1.82, 2.24) is 15.0 Å². The van der Waals surface area contributed by atoms with Crippen molar-refractivity contribution in [3.8, 4) is 0 Å². The van der Waals surface area contributed by atoms with Crippen molar-refractivity contribution < 1.29 is 0 Å². The van der Waals surface area contributed by atoms with Crippen molar-refractivity contribution in [2.45, 2.75) is 13.5 Å². The number of pyridine rings is 1. The van der Waals surface area contributed by atoms with Crippen LogP contribution in [-0.4, -0.2) is 15.0 Å². The molecule has 7 heteroatoms. The summed E-state index contributed by atoms with van der Waals surface area (Å²) in [5.41, 5.74) is 1.70. The molecule has 3 rings (SSSR count). The van der Waals surface area contributed by atoms with E-state index in [0.29, 0.717) is 34.1 Å². The average molecular weight is 360 g/mol. The molecule has 0 atom stereocenters. The number of aryl methyl sites for hydroxylation is 1. The number of hydrogen-bond acceptors (Lipinski definition) is 5. The minimum absolute atomic E-state index is 0.560. The van der Waals surface area contributed by atoms with Gasteiger partial charge in [-0.2, -0.15) is 0 Å². The van der Waals surface area contributed by atoms with Gasteiger partial charge in [-0.15, -0.1) is 0 Å². The molecule has 0 amide bonds. The summed E-state index contributed by atoms with van der Waals surface area (Å²) in [7, 11) is 0. The van der Waals surface area contributed by atoms with Gasteiger partial charge in [-0.1, -0.05) is 29.3 Å². The number of nitrogens with zero attached hydrogens (tertiary/aromatic N) is 3. The number of halogens is 2. The summed E-state index contributed by atoms with van der Waals surface area (Å²) in [6.45, 7) is 2.42. The zero-order valence-corrected chi connectivity index (χ0v) is 14.4. The lowest BCUT2D eigenvalue weighted by molar-refractivity contribution is 0.996. The molecule has 0 aliphatic heterocycles. The summed E-state index contributed by atoms with van der Waals surface area (Å²) in [6, 6.07) is 12.9. The van der Waals surface area contributed by atoms with Crippen LogP contribution in [0.25, 0.3) is 0 Å². The van der Waals surface area contributed by atoms with E-state index < -0.39 is 0 Å². The highest BCUT2D eigenvalue weighted by Gasteiger charge is 2.05. The molecule has 122 valence electrons. The summed E-state index contributed by atoms with van der Waals surface area (Å²) >= 11 is 12.0. The van der Waals surface area contributed by atoms with Crippen LogP contribution in [0.5, 0.6) is 0 Å². The second-order valence-electron chi connectivity index (χ2n) is 5.14. The molecule has 0 unspecified atom stereocenters. The van der Waals surface area contributed by atoms with Gasteiger partial charge in [0, 0.05) is 28.0 Å². The van der Waals surface area contributed by atoms with Crippen LogP contribution < -0.4 is 10.6 Å². The van der Waals surface area contributed by atoms with Crippen molar-refractivity contribution in [2.75, 3.05) is 10.6 Å². The Morgan fingerprint density at radius 1 is 0.958 bits per heavy atom. The highest BCUT2D eigenvalue weighted by molar-refractivity contribution is 6.35. The Kier molecular flexibility index (Phi) is 5.13.